The van der Waals surface area contributed by atoms with Crippen LogP contribution in [0.4, 0.5) is 4.39 Å². The fraction of sp³-hybridized carbons (Fsp3) is 0.133. The van der Waals surface area contributed by atoms with Gasteiger partial charge in [0.1, 0.15) is 11.6 Å². The number of benzene rings is 2. The van der Waals surface area contributed by atoms with E-state index in [9.17, 15) is 4.39 Å². The number of aromatic nitrogens is 2. The van der Waals surface area contributed by atoms with Crippen LogP contribution in [0, 0.1) is 5.82 Å². The van der Waals surface area contributed by atoms with E-state index < -0.39 is 5.82 Å². The Morgan fingerprint density at radius 2 is 2.05 bits per heavy atom. The van der Waals surface area contributed by atoms with Gasteiger partial charge in [-0.1, -0.05) is 24.6 Å². The number of nitrogens with one attached hydrogen (secondary N) is 1. The minimum atomic E-state index is -0.421. The van der Waals surface area contributed by atoms with E-state index in [1.165, 1.54) is 11.6 Å². The van der Waals surface area contributed by atoms with Crippen molar-refractivity contribution in [1.82, 2.24) is 9.97 Å². The third-order valence-corrected chi connectivity index (χ3v) is 3.44. The van der Waals surface area contributed by atoms with Crippen LogP contribution in [0.3, 0.4) is 0 Å². The largest absolute Gasteiger partial charge is 0.338 e. The smallest absolute Gasteiger partial charge is 0.141 e. The lowest BCUT2D eigenvalue weighted by molar-refractivity contribution is 0.628. The number of fused-ring (bicyclic) bond motifs is 1. The van der Waals surface area contributed by atoms with Crippen molar-refractivity contribution in [2.45, 2.75) is 13.3 Å². The molecule has 2 nitrogen and oxygen atoms in total. The molecule has 0 atom stereocenters. The van der Waals surface area contributed by atoms with Gasteiger partial charge in [-0.15, -0.1) is 0 Å². The molecule has 1 N–H and O–H groups in total. The van der Waals surface area contributed by atoms with Gasteiger partial charge in [0.05, 0.1) is 16.1 Å². The Balaban J connectivity index is 2.11. The monoisotopic (exact) mass is 274 g/mol. The first kappa shape index (κ1) is 12.2. The summed E-state index contributed by atoms with van der Waals surface area (Å²) in [6.07, 6.45) is 0.979. The van der Waals surface area contributed by atoms with E-state index in [1.54, 1.807) is 12.1 Å². The molecule has 0 amide bonds. The molecule has 0 saturated carbocycles. The molecule has 0 aliphatic rings. The molecule has 96 valence electrons. The van der Waals surface area contributed by atoms with Crippen molar-refractivity contribution in [3.8, 4) is 11.4 Å². The van der Waals surface area contributed by atoms with Crippen LogP contribution in [0.25, 0.3) is 22.4 Å². The van der Waals surface area contributed by atoms with E-state index >= 15 is 0 Å². The second kappa shape index (κ2) is 4.67. The molecule has 3 aromatic rings. The lowest BCUT2D eigenvalue weighted by Gasteiger charge is -1.98. The Bertz CT molecular complexity index is 749. The number of hydrogen-bond donors (Lipinski definition) is 1. The summed E-state index contributed by atoms with van der Waals surface area (Å²) in [7, 11) is 0. The van der Waals surface area contributed by atoms with Gasteiger partial charge < -0.3 is 4.98 Å². The van der Waals surface area contributed by atoms with Crippen molar-refractivity contribution in [2.24, 2.45) is 0 Å². The van der Waals surface area contributed by atoms with Crippen molar-refractivity contribution in [3.63, 3.8) is 0 Å². The molecule has 1 heterocycles. The number of rotatable bonds is 2. The highest BCUT2D eigenvalue weighted by Crippen LogP contribution is 2.25. The van der Waals surface area contributed by atoms with Crippen molar-refractivity contribution in [3.05, 3.63) is 52.8 Å². The Kier molecular flexibility index (Phi) is 2.99. The second-order valence-electron chi connectivity index (χ2n) is 4.42. The van der Waals surface area contributed by atoms with Crippen molar-refractivity contribution in [2.75, 3.05) is 0 Å². The summed E-state index contributed by atoms with van der Waals surface area (Å²) in [5.74, 6) is 0.278. The Labute approximate surface area is 115 Å². The molecule has 0 radical (unpaired) electrons. The Hall–Kier alpha value is -1.87. The van der Waals surface area contributed by atoms with Gasteiger partial charge in [0, 0.05) is 5.56 Å². The second-order valence-corrected chi connectivity index (χ2v) is 4.83. The van der Waals surface area contributed by atoms with E-state index in [4.69, 9.17) is 11.6 Å². The molecule has 0 bridgehead atoms. The summed E-state index contributed by atoms with van der Waals surface area (Å²) in [5.41, 5.74) is 3.91. The first-order chi connectivity index (χ1) is 9.17. The summed E-state index contributed by atoms with van der Waals surface area (Å²) in [5, 5.41) is 0.104. The first-order valence-corrected chi connectivity index (χ1v) is 6.49. The summed E-state index contributed by atoms with van der Waals surface area (Å²) in [6, 6.07) is 10.7. The lowest BCUT2D eigenvalue weighted by atomic mass is 10.1. The fourth-order valence-corrected chi connectivity index (χ4v) is 2.24. The van der Waals surface area contributed by atoms with Gasteiger partial charge in [-0.25, -0.2) is 9.37 Å². The van der Waals surface area contributed by atoms with Gasteiger partial charge in [-0.2, -0.15) is 0 Å². The predicted molar refractivity (Wildman–Crippen MR) is 75.9 cm³/mol. The van der Waals surface area contributed by atoms with Crippen molar-refractivity contribution in [1.29, 1.82) is 0 Å². The molecular weight excluding hydrogens is 263 g/mol. The maximum absolute atomic E-state index is 13.2. The summed E-state index contributed by atoms with van der Waals surface area (Å²) in [6.45, 7) is 2.11. The number of aromatic amines is 1. The third-order valence-electron chi connectivity index (χ3n) is 3.15. The normalized spacial score (nSPS) is 11.1. The molecule has 1 aromatic heterocycles. The van der Waals surface area contributed by atoms with Crippen molar-refractivity contribution >= 4 is 22.6 Å². The van der Waals surface area contributed by atoms with Gasteiger partial charge in [-0.3, -0.25) is 0 Å². The molecule has 19 heavy (non-hydrogen) atoms. The van der Waals surface area contributed by atoms with Gasteiger partial charge in [0.2, 0.25) is 0 Å². The highest BCUT2D eigenvalue weighted by Gasteiger charge is 2.08. The number of H-pyrrole nitrogens is 1. The Morgan fingerprint density at radius 1 is 1.21 bits per heavy atom. The van der Waals surface area contributed by atoms with Gasteiger partial charge in [0.15, 0.2) is 0 Å². The average molecular weight is 275 g/mol. The van der Waals surface area contributed by atoms with Gasteiger partial charge >= 0.3 is 0 Å². The van der Waals surface area contributed by atoms with Crippen molar-refractivity contribution < 1.29 is 4.39 Å². The molecule has 0 spiro atoms. The van der Waals surface area contributed by atoms with Crippen LogP contribution in [0.5, 0.6) is 0 Å². The molecule has 0 aliphatic heterocycles. The number of halogens is 2. The number of aryl methyl sites for hydroxylation is 1. The highest BCUT2D eigenvalue weighted by atomic mass is 35.5. The van der Waals surface area contributed by atoms with Crippen LogP contribution >= 0.6 is 11.6 Å². The van der Waals surface area contributed by atoms with Crippen LogP contribution in [0.1, 0.15) is 12.5 Å². The number of imidazole rings is 1. The fourth-order valence-electron chi connectivity index (χ4n) is 2.06. The third kappa shape index (κ3) is 2.22. The zero-order valence-electron chi connectivity index (χ0n) is 10.4. The number of hydrogen-bond acceptors (Lipinski definition) is 1. The lowest BCUT2D eigenvalue weighted by Crippen LogP contribution is -1.82. The summed E-state index contributed by atoms with van der Waals surface area (Å²) < 4.78 is 13.2. The molecule has 0 unspecified atom stereocenters. The zero-order chi connectivity index (χ0) is 13.4. The van der Waals surface area contributed by atoms with E-state index in [2.05, 4.69) is 29.0 Å². The molecule has 4 heteroatoms. The van der Waals surface area contributed by atoms with Crippen LogP contribution in [-0.2, 0) is 6.42 Å². The van der Waals surface area contributed by atoms with Crippen LogP contribution < -0.4 is 0 Å². The van der Waals surface area contributed by atoms with E-state index in [0.29, 0.717) is 5.82 Å². The molecule has 0 aliphatic carbocycles. The topological polar surface area (TPSA) is 28.7 Å². The summed E-state index contributed by atoms with van der Waals surface area (Å²) >= 11 is 5.79. The van der Waals surface area contributed by atoms with E-state index in [1.807, 2.05) is 6.07 Å². The van der Waals surface area contributed by atoms with E-state index in [-0.39, 0.29) is 5.02 Å². The maximum Gasteiger partial charge on any atom is 0.141 e. The average Bonchev–Trinajstić information content (AvgIpc) is 2.84. The summed E-state index contributed by atoms with van der Waals surface area (Å²) in [4.78, 5) is 7.73. The predicted octanol–water partition coefficient (Wildman–Crippen LogP) is 4.58. The minimum Gasteiger partial charge on any atom is -0.338 e. The van der Waals surface area contributed by atoms with Crippen LogP contribution in [0.2, 0.25) is 5.02 Å². The SMILES string of the molecule is CCc1ccc2nc(-c3ccc(F)c(Cl)c3)[nH]c2c1. The molecule has 3 rings (SSSR count). The van der Waals surface area contributed by atoms with Gasteiger partial charge in [0.25, 0.3) is 0 Å². The highest BCUT2D eigenvalue weighted by molar-refractivity contribution is 6.31. The molecule has 2 aromatic carbocycles. The van der Waals surface area contributed by atoms with Crippen LogP contribution in [0.15, 0.2) is 36.4 Å². The first-order valence-electron chi connectivity index (χ1n) is 6.11. The Morgan fingerprint density at radius 3 is 2.79 bits per heavy atom. The van der Waals surface area contributed by atoms with Gasteiger partial charge in [-0.05, 0) is 42.3 Å². The maximum atomic E-state index is 13.2. The van der Waals surface area contributed by atoms with E-state index in [0.717, 1.165) is 23.0 Å². The molecular formula is C15H12ClFN2. The standard InChI is InChI=1S/C15H12ClFN2/c1-2-9-3-6-13-14(7-9)19-15(18-13)10-4-5-12(17)11(16)8-10/h3-8H,2H2,1H3,(H,18,19). The zero-order valence-corrected chi connectivity index (χ0v) is 11.1. The minimum absolute atomic E-state index is 0.104. The van der Waals surface area contributed by atoms with Crippen LogP contribution in [-0.4, -0.2) is 9.97 Å². The molecule has 0 saturated heterocycles. The quantitative estimate of drug-likeness (QED) is 0.728. The number of nitrogens with zero attached hydrogens (tertiary/aromatic N) is 1. The molecule has 0 fully saturated rings.